The van der Waals surface area contributed by atoms with Crippen LogP contribution in [0.3, 0.4) is 0 Å². The van der Waals surface area contributed by atoms with E-state index < -0.39 is 58.2 Å². The maximum atomic E-state index is 13.2. The number of thiazole rings is 1. The minimum Gasteiger partial charge on any atom is -0.487 e. The molecule has 3 aromatic heterocycles. The Bertz CT molecular complexity index is 1730. The van der Waals surface area contributed by atoms with Gasteiger partial charge in [-0.1, -0.05) is 5.16 Å². The van der Waals surface area contributed by atoms with Crippen LogP contribution in [-0.4, -0.2) is 87.4 Å². The number of aromatic nitrogens is 3. The van der Waals surface area contributed by atoms with Crippen molar-refractivity contribution in [2.24, 2.45) is 10.9 Å². The third-order valence-electron chi connectivity index (χ3n) is 6.57. The number of nitrogens with zero attached hydrogens (tertiary/aromatic N) is 5. The Morgan fingerprint density at radius 3 is 2.53 bits per heavy atom. The van der Waals surface area contributed by atoms with E-state index in [2.05, 4.69) is 30.0 Å². The number of carboxylic acids is 1. The summed E-state index contributed by atoms with van der Waals surface area (Å²) in [6.07, 6.45) is 4.34. The van der Waals surface area contributed by atoms with Crippen molar-refractivity contribution in [1.82, 2.24) is 20.3 Å². The van der Waals surface area contributed by atoms with Gasteiger partial charge >= 0.3 is 16.4 Å². The molecule has 1 saturated heterocycles. The lowest BCUT2D eigenvalue weighted by Gasteiger charge is -2.50. The molecule has 252 valence electrons. The van der Waals surface area contributed by atoms with Crippen LogP contribution in [0, 0.1) is 0 Å². The second-order valence-corrected chi connectivity index (χ2v) is 12.3. The van der Waals surface area contributed by atoms with E-state index in [1.165, 1.54) is 25.4 Å². The van der Waals surface area contributed by atoms with Crippen molar-refractivity contribution in [1.29, 1.82) is 0 Å². The molecule has 0 radical (unpaired) electrons. The Hall–Kier alpha value is -4.96. The van der Waals surface area contributed by atoms with Crippen LogP contribution in [0.2, 0.25) is 0 Å². The van der Waals surface area contributed by atoms with Crippen LogP contribution in [0.5, 0.6) is 5.75 Å². The van der Waals surface area contributed by atoms with Gasteiger partial charge in [-0.15, -0.1) is 15.6 Å². The van der Waals surface area contributed by atoms with Gasteiger partial charge in [0, 0.05) is 23.9 Å². The van der Waals surface area contributed by atoms with E-state index in [1.54, 1.807) is 12.1 Å². The topological polar surface area (TPSA) is 275 Å². The number of amides is 2. The summed E-state index contributed by atoms with van der Waals surface area (Å²) in [6, 6.07) is 5.61. The largest absolute Gasteiger partial charge is 0.487 e. The maximum Gasteiger partial charge on any atom is 0.418 e. The molecule has 0 aromatic carbocycles. The first-order valence-electron chi connectivity index (χ1n) is 13.7. The fourth-order valence-corrected chi connectivity index (χ4v) is 5.11. The van der Waals surface area contributed by atoms with Gasteiger partial charge < -0.3 is 36.8 Å². The molecule has 1 unspecified atom stereocenters. The Morgan fingerprint density at radius 1 is 1.26 bits per heavy atom. The molecule has 21 heteroatoms. The molecule has 0 bridgehead atoms. The van der Waals surface area contributed by atoms with E-state index in [4.69, 9.17) is 25.6 Å². The van der Waals surface area contributed by atoms with Gasteiger partial charge in [-0.25, -0.2) is 19.3 Å². The quantitative estimate of drug-likeness (QED) is 0.0366. The number of ether oxygens (including phenoxy) is 1. The third kappa shape index (κ3) is 9.07. The highest BCUT2D eigenvalue weighted by Gasteiger charge is 2.58. The Labute approximate surface area is 272 Å². The average Bonchev–Trinajstić information content (AvgIpc) is 3.45. The second-order valence-electron chi connectivity index (χ2n) is 10.4. The molecule has 1 aliphatic rings. The fraction of sp³-hybridized carbons (Fsp3) is 0.346. The van der Waals surface area contributed by atoms with Gasteiger partial charge in [0.1, 0.15) is 36.5 Å². The van der Waals surface area contributed by atoms with E-state index in [0.717, 1.165) is 30.0 Å². The van der Waals surface area contributed by atoms with Gasteiger partial charge in [0.05, 0.1) is 17.4 Å². The average molecular weight is 695 g/mol. The SMILES string of the molecule is CC1(C)[C@H](NC(=O)/C(=N\OC(COc2ccc(Nc3cc[n+](CCCN)cc3)nc2)C(=O)O)c2csc(N)n2)C(=O)N1OS(=O)(=O)O. The summed E-state index contributed by atoms with van der Waals surface area (Å²) in [7, 11) is -5.02. The summed E-state index contributed by atoms with van der Waals surface area (Å²) in [5.41, 5.74) is 9.96. The molecular weight excluding hydrogens is 662 g/mol. The number of anilines is 3. The van der Waals surface area contributed by atoms with Gasteiger partial charge in [-0.3, -0.25) is 14.1 Å². The van der Waals surface area contributed by atoms with Gasteiger partial charge in [-0.2, -0.15) is 13.5 Å². The monoisotopic (exact) mass is 694 g/mol. The first-order valence-corrected chi connectivity index (χ1v) is 16.0. The number of hydroxylamine groups is 2. The Morgan fingerprint density at radius 2 is 1.98 bits per heavy atom. The van der Waals surface area contributed by atoms with Crippen LogP contribution >= 0.6 is 11.3 Å². The fourth-order valence-electron chi connectivity index (χ4n) is 4.11. The van der Waals surface area contributed by atoms with E-state index >= 15 is 0 Å². The summed E-state index contributed by atoms with van der Waals surface area (Å²) in [5.74, 6) is -2.78. The van der Waals surface area contributed by atoms with Crippen molar-refractivity contribution in [3.05, 3.63) is 53.9 Å². The number of carbonyl (C=O) groups excluding carboxylic acids is 2. The molecule has 4 rings (SSSR count). The van der Waals surface area contributed by atoms with Crippen molar-refractivity contribution in [2.75, 3.05) is 24.2 Å². The van der Waals surface area contributed by atoms with Crippen LogP contribution in [-0.2, 0) is 40.4 Å². The zero-order valence-electron chi connectivity index (χ0n) is 25.0. The molecule has 8 N–H and O–H groups in total. The first-order chi connectivity index (χ1) is 22.2. The van der Waals surface area contributed by atoms with E-state index in [1.807, 2.05) is 29.1 Å². The van der Waals surface area contributed by atoms with E-state index in [0.29, 0.717) is 17.4 Å². The zero-order chi connectivity index (χ0) is 34.4. The number of carboxylic acid groups (broad SMARTS) is 1. The third-order valence-corrected chi connectivity index (χ3v) is 7.58. The maximum absolute atomic E-state index is 13.2. The summed E-state index contributed by atoms with van der Waals surface area (Å²) >= 11 is 0.951. The number of aliphatic carboxylic acids is 1. The number of oxime groups is 1. The number of nitrogens with two attached hydrogens (primary N) is 2. The van der Waals surface area contributed by atoms with Crippen LogP contribution in [0.1, 0.15) is 26.0 Å². The Balaban J connectivity index is 1.40. The summed E-state index contributed by atoms with van der Waals surface area (Å²) in [5, 5.41) is 20.7. The normalized spacial score (nSPS) is 16.6. The predicted molar refractivity (Wildman–Crippen MR) is 164 cm³/mol. The number of β-lactam (4-membered cyclic amide) rings is 1. The van der Waals surface area contributed by atoms with Gasteiger partial charge in [0.15, 0.2) is 23.2 Å². The van der Waals surface area contributed by atoms with Gasteiger partial charge in [-0.05, 0) is 32.5 Å². The number of rotatable bonds is 16. The minimum atomic E-state index is -5.02. The van der Waals surface area contributed by atoms with Gasteiger partial charge in [0.2, 0.25) is 0 Å². The van der Waals surface area contributed by atoms with Crippen LogP contribution in [0.25, 0.3) is 0 Å². The number of carbonyl (C=O) groups is 3. The molecule has 1 aliphatic heterocycles. The smallest absolute Gasteiger partial charge is 0.418 e. The lowest BCUT2D eigenvalue weighted by Crippen LogP contribution is -2.76. The number of nitrogens with one attached hydrogen (secondary N) is 2. The highest BCUT2D eigenvalue weighted by atomic mass is 32.3. The molecule has 0 saturated carbocycles. The number of hydrogen-bond acceptors (Lipinski definition) is 15. The minimum absolute atomic E-state index is 0.0512. The molecule has 1 fully saturated rings. The number of nitrogen functional groups attached to an aromatic ring is 1. The second kappa shape index (κ2) is 14.6. The molecule has 0 aliphatic carbocycles. The molecule has 47 heavy (non-hydrogen) atoms. The lowest BCUT2D eigenvalue weighted by molar-refractivity contribution is -0.697. The molecule has 0 spiro atoms. The van der Waals surface area contributed by atoms with Crippen LogP contribution in [0.4, 0.5) is 16.6 Å². The summed E-state index contributed by atoms with van der Waals surface area (Å²) < 4.78 is 42.9. The van der Waals surface area contributed by atoms with Crippen molar-refractivity contribution in [3.63, 3.8) is 0 Å². The molecule has 3 aromatic rings. The van der Waals surface area contributed by atoms with Crippen molar-refractivity contribution < 1.29 is 50.9 Å². The van der Waals surface area contributed by atoms with Crippen LogP contribution < -0.4 is 31.4 Å². The molecule has 19 nitrogen and oxygen atoms in total. The molecule has 4 heterocycles. The van der Waals surface area contributed by atoms with Gasteiger partial charge in [0.25, 0.3) is 17.9 Å². The molecule has 2 amide bonds. The number of pyridine rings is 2. The van der Waals surface area contributed by atoms with E-state index in [-0.39, 0.29) is 16.6 Å². The zero-order valence-corrected chi connectivity index (χ0v) is 26.6. The molecule has 2 atom stereocenters. The number of aryl methyl sites for hydroxylation is 1. The number of hydrogen-bond donors (Lipinski definition) is 6. The lowest BCUT2D eigenvalue weighted by atomic mass is 9.84. The highest BCUT2D eigenvalue weighted by molar-refractivity contribution is 7.80. The van der Waals surface area contributed by atoms with Crippen molar-refractivity contribution in [3.8, 4) is 5.75 Å². The molecular formula is C26H32N9O10S2+. The summed E-state index contributed by atoms with van der Waals surface area (Å²) in [6.45, 7) is 3.57. The summed E-state index contributed by atoms with van der Waals surface area (Å²) in [4.78, 5) is 51.0. The highest BCUT2D eigenvalue weighted by Crippen LogP contribution is 2.33. The van der Waals surface area contributed by atoms with Crippen molar-refractivity contribution >= 4 is 61.9 Å². The Kier molecular flexibility index (Phi) is 10.9. The predicted octanol–water partition coefficient (Wildman–Crippen LogP) is -0.407. The standard InChI is InChI=1S/C26H31N9O10S2/c1-26(2)21(23(37)35(26)45-47(40,41)42)32-22(36)20(17-14-46-25(28)31-17)33-44-18(24(38)39)13-43-16-4-5-19(29-12-16)30-15-6-10-34(11-7-15)9-3-8-27/h4-7,10-12,14,18,21H,3,8-9,13,27H2,1-2H3,(H5,28,31,32,36,38,39,40,41,42)/p+1/b33-20-/t18?,21-/m1/s1. The first kappa shape index (κ1) is 34.9. The van der Waals surface area contributed by atoms with E-state index in [9.17, 15) is 27.9 Å². The van der Waals surface area contributed by atoms with Crippen LogP contribution in [0.15, 0.2) is 53.4 Å². The van der Waals surface area contributed by atoms with Crippen molar-refractivity contribution in [2.45, 2.75) is 44.5 Å².